The van der Waals surface area contributed by atoms with E-state index in [9.17, 15) is 17.6 Å². The van der Waals surface area contributed by atoms with Crippen molar-refractivity contribution in [3.63, 3.8) is 0 Å². The molecule has 1 fully saturated rings. The molecule has 0 unspecified atom stereocenters. The Morgan fingerprint density at radius 1 is 0.975 bits per heavy atom. The highest BCUT2D eigenvalue weighted by atomic mass is 32.2. The number of allylic oxidation sites excluding steroid dienone is 2. The fraction of sp³-hybridized carbons (Fsp3) is 0.387. The Balaban J connectivity index is 1.36. The van der Waals surface area contributed by atoms with Gasteiger partial charge in [-0.1, -0.05) is 32.9 Å². The molecule has 1 aliphatic carbocycles. The molecule has 210 valence electrons. The number of carbonyl (C=O) groups is 1. The summed E-state index contributed by atoms with van der Waals surface area (Å²) in [7, 11) is -3.75. The summed E-state index contributed by atoms with van der Waals surface area (Å²) in [6, 6.07) is 13.4. The maximum atomic E-state index is 14.0. The lowest BCUT2D eigenvalue weighted by Gasteiger charge is -2.38. The van der Waals surface area contributed by atoms with Gasteiger partial charge in [0.15, 0.2) is 0 Å². The van der Waals surface area contributed by atoms with Crippen molar-refractivity contribution in [1.82, 2.24) is 14.6 Å². The van der Waals surface area contributed by atoms with Crippen molar-refractivity contribution in [3.8, 4) is 0 Å². The largest absolute Gasteiger partial charge is 0.342 e. The van der Waals surface area contributed by atoms with Gasteiger partial charge in [0.05, 0.1) is 22.2 Å². The normalized spacial score (nSPS) is 21.6. The minimum Gasteiger partial charge on any atom is -0.342 e. The van der Waals surface area contributed by atoms with Crippen LogP contribution in [0, 0.1) is 11.7 Å². The molecule has 1 atom stereocenters. The molecular formula is C31H35FN4O3S. The van der Waals surface area contributed by atoms with E-state index in [1.165, 1.54) is 16.4 Å². The monoisotopic (exact) mass is 562 g/mol. The van der Waals surface area contributed by atoms with Crippen LogP contribution in [0.2, 0.25) is 0 Å². The number of carbonyl (C=O) groups excluding carboxylic acids is 1. The lowest BCUT2D eigenvalue weighted by molar-refractivity contribution is -0.132. The quantitative estimate of drug-likeness (QED) is 0.577. The van der Waals surface area contributed by atoms with Crippen LogP contribution in [-0.4, -0.2) is 49.7 Å². The standard InChI is InChI=1S/C31H35FN4O3S/c1-31(2,3)22-6-12-25(13-7-22)40(38,39)35-17-14-21-18-28-26(19-33-36(28)24-10-8-23(32)9-11-24)29(27(21)20-35)30(37)34-15-4-5-16-34/h6-13,18-19,29,33H,4-5,14-17,20H2,1-3H3/t29-/m0/s1. The van der Waals surface area contributed by atoms with Crippen molar-refractivity contribution in [3.05, 3.63) is 94.6 Å². The number of hydrogen-bond donors (Lipinski definition) is 1. The van der Waals surface area contributed by atoms with Gasteiger partial charge in [-0.2, -0.15) is 4.31 Å². The summed E-state index contributed by atoms with van der Waals surface area (Å²) in [6.45, 7) is 8.22. The van der Waals surface area contributed by atoms with E-state index < -0.39 is 15.9 Å². The Hall–Kier alpha value is -3.43. The second-order valence-electron chi connectivity index (χ2n) is 11.9. The van der Waals surface area contributed by atoms with Crippen LogP contribution in [0.25, 0.3) is 0 Å². The van der Waals surface area contributed by atoms with Crippen molar-refractivity contribution in [2.75, 3.05) is 31.2 Å². The Morgan fingerprint density at radius 2 is 1.65 bits per heavy atom. The molecule has 7 nitrogen and oxygen atoms in total. The van der Waals surface area contributed by atoms with Crippen molar-refractivity contribution in [2.24, 2.45) is 5.92 Å². The van der Waals surface area contributed by atoms with Gasteiger partial charge in [0, 0.05) is 38.0 Å². The summed E-state index contributed by atoms with van der Waals surface area (Å²) in [4.78, 5) is 16.2. The van der Waals surface area contributed by atoms with Gasteiger partial charge in [0.25, 0.3) is 0 Å². The van der Waals surface area contributed by atoms with Gasteiger partial charge >= 0.3 is 0 Å². The second-order valence-corrected chi connectivity index (χ2v) is 13.9. The number of likely N-dealkylation sites (tertiary alicyclic amines) is 1. The second kappa shape index (κ2) is 9.89. The Morgan fingerprint density at radius 3 is 2.30 bits per heavy atom. The zero-order valence-corrected chi connectivity index (χ0v) is 24.0. The number of rotatable bonds is 4. The predicted octanol–water partition coefficient (Wildman–Crippen LogP) is 4.86. The first-order valence-electron chi connectivity index (χ1n) is 13.9. The molecule has 3 aliphatic heterocycles. The molecule has 40 heavy (non-hydrogen) atoms. The maximum Gasteiger partial charge on any atom is 0.243 e. The molecule has 0 spiro atoms. The zero-order valence-electron chi connectivity index (χ0n) is 23.2. The highest BCUT2D eigenvalue weighted by Crippen LogP contribution is 2.44. The summed E-state index contributed by atoms with van der Waals surface area (Å²) < 4.78 is 42.7. The Bertz CT molecular complexity index is 1530. The highest BCUT2D eigenvalue weighted by molar-refractivity contribution is 7.89. The first-order valence-corrected chi connectivity index (χ1v) is 15.3. The molecule has 1 amide bonds. The zero-order chi connectivity index (χ0) is 28.2. The van der Waals surface area contributed by atoms with Crippen LogP contribution in [0.5, 0.6) is 0 Å². The summed E-state index contributed by atoms with van der Waals surface area (Å²) >= 11 is 0. The summed E-state index contributed by atoms with van der Waals surface area (Å²) in [6.07, 6.45) is 6.33. The van der Waals surface area contributed by atoms with Gasteiger partial charge in [-0.3, -0.25) is 9.80 Å². The van der Waals surface area contributed by atoms with E-state index in [2.05, 4.69) is 32.3 Å². The lowest BCUT2D eigenvalue weighted by Crippen LogP contribution is -2.44. The molecule has 9 heteroatoms. The molecule has 0 aromatic heterocycles. The van der Waals surface area contributed by atoms with E-state index in [4.69, 9.17) is 0 Å². The van der Waals surface area contributed by atoms with Gasteiger partial charge in [0.2, 0.25) is 15.9 Å². The molecule has 1 N–H and O–H groups in total. The lowest BCUT2D eigenvalue weighted by atomic mass is 9.78. The van der Waals surface area contributed by atoms with Gasteiger partial charge in [-0.15, -0.1) is 0 Å². The molecule has 0 saturated carbocycles. The van der Waals surface area contributed by atoms with Crippen LogP contribution in [-0.2, 0) is 20.2 Å². The van der Waals surface area contributed by atoms with Crippen molar-refractivity contribution in [1.29, 1.82) is 0 Å². The average molecular weight is 563 g/mol. The smallest absolute Gasteiger partial charge is 0.243 e. The molecule has 4 aliphatic rings. The summed E-state index contributed by atoms with van der Waals surface area (Å²) in [5.41, 5.74) is 8.51. The topological polar surface area (TPSA) is 73.0 Å². The van der Waals surface area contributed by atoms with E-state index in [-0.39, 0.29) is 28.6 Å². The highest BCUT2D eigenvalue weighted by Gasteiger charge is 2.44. The number of fused-ring (bicyclic) bond motifs is 1. The first-order chi connectivity index (χ1) is 19.0. The molecule has 3 heterocycles. The molecule has 0 radical (unpaired) electrons. The number of amides is 1. The first kappa shape index (κ1) is 26.8. The van der Waals surface area contributed by atoms with Crippen LogP contribution in [0.3, 0.4) is 0 Å². The minimum atomic E-state index is -3.75. The number of halogens is 1. The van der Waals surface area contributed by atoms with Crippen LogP contribution in [0.1, 0.15) is 45.6 Å². The van der Waals surface area contributed by atoms with E-state index in [1.807, 2.05) is 28.2 Å². The van der Waals surface area contributed by atoms with Crippen LogP contribution in [0.4, 0.5) is 10.1 Å². The number of hydrazine groups is 1. The number of benzene rings is 2. The van der Waals surface area contributed by atoms with Crippen LogP contribution < -0.4 is 10.4 Å². The predicted molar refractivity (Wildman–Crippen MR) is 153 cm³/mol. The molecular weight excluding hydrogens is 527 g/mol. The van der Waals surface area contributed by atoms with Gasteiger partial charge in [-0.25, -0.2) is 12.8 Å². The molecule has 0 bridgehead atoms. The van der Waals surface area contributed by atoms with Crippen molar-refractivity contribution in [2.45, 2.75) is 50.3 Å². The fourth-order valence-electron chi connectivity index (χ4n) is 6.04. The molecule has 1 saturated heterocycles. The SMILES string of the molecule is CC(C)(C)c1ccc(S(=O)(=O)N2CCC3=C(C2)[C@@H](C(=O)N2CCCC2)C2=CNN(c4ccc(F)cc4)C2=C3)cc1. The number of hydrogen-bond acceptors (Lipinski definition) is 5. The third kappa shape index (κ3) is 4.65. The van der Waals surface area contributed by atoms with Gasteiger partial charge in [-0.05, 0) is 83.9 Å². The van der Waals surface area contributed by atoms with Crippen LogP contribution >= 0.6 is 0 Å². The third-order valence-electron chi connectivity index (χ3n) is 8.35. The number of anilines is 1. The average Bonchev–Trinajstić information content (AvgIpc) is 3.62. The molecule has 6 rings (SSSR count). The summed E-state index contributed by atoms with van der Waals surface area (Å²) in [5, 5.41) is 1.86. The third-order valence-corrected chi connectivity index (χ3v) is 10.2. The van der Waals surface area contributed by atoms with Crippen molar-refractivity contribution < 1.29 is 17.6 Å². The Kier molecular flexibility index (Phi) is 6.62. The van der Waals surface area contributed by atoms with E-state index >= 15 is 0 Å². The van der Waals surface area contributed by atoms with E-state index in [0.29, 0.717) is 26.1 Å². The van der Waals surface area contributed by atoms with Crippen molar-refractivity contribution >= 4 is 21.6 Å². The fourth-order valence-corrected chi connectivity index (χ4v) is 7.46. The maximum absolute atomic E-state index is 14.0. The minimum absolute atomic E-state index is 0.0124. The molecule has 2 aromatic carbocycles. The van der Waals surface area contributed by atoms with Gasteiger partial charge < -0.3 is 10.3 Å². The number of sulfonamides is 1. The van der Waals surface area contributed by atoms with E-state index in [1.54, 1.807) is 24.3 Å². The Labute approximate surface area is 235 Å². The van der Waals surface area contributed by atoms with E-state index in [0.717, 1.165) is 46.5 Å². The number of nitrogens with one attached hydrogen (secondary N) is 1. The molecule has 2 aromatic rings. The summed E-state index contributed by atoms with van der Waals surface area (Å²) in [5.74, 6) is -0.881. The number of nitrogens with zero attached hydrogens (tertiary/aromatic N) is 3. The van der Waals surface area contributed by atoms with Crippen LogP contribution in [0.15, 0.2) is 88.1 Å². The van der Waals surface area contributed by atoms with Gasteiger partial charge in [0.1, 0.15) is 5.82 Å².